The zero-order valence-electron chi connectivity index (χ0n) is 11.3. The molecule has 1 aliphatic heterocycles. The van der Waals surface area contributed by atoms with Crippen LogP contribution in [-0.4, -0.2) is 21.2 Å². The van der Waals surface area contributed by atoms with Crippen molar-refractivity contribution in [3.63, 3.8) is 0 Å². The van der Waals surface area contributed by atoms with Crippen molar-refractivity contribution in [2.75, 3.05) is 7.05 Å². The molecule has 0 amide bonds. The smallest absolute Gasteiger partial charge is 0.121 e. The van der Waals surface area contributed by atoms with Crippen LogP contribution in [0.5, 0.6) is 0 Å². The lowest BCUT2D eigenvalue weighted by Crippen LogP contribution is -2.32. The van der Waals surface area contributed by atoms with Gasteiger partial charge in [0.25, 0.3) is 0 Å². The van der Waals surface area contributed by atoms with Crippen LogP contribution in [0.25, 0.3) is 0 Å². The van der Waals surface area contributed by atoms with E-state index in [0.717, 1.165) is 6.42 Å². The number of hydrogen-bond donors (Lipinski definition) is 1. The zero-order valence-corrected chi connectivity index (χ0v) is 13.4. The second kappa shape index (κ2) is 5.38. The first kappa shape index (κ1) is 14.5. The average Bonchev–Trinajstić information content (AvgIpc) is 2.43. The lowest BCUT2D eigenvalue weighted by atomic mass is 10.0. The van der Waals surface area contributed by atoms with E-state index in [0.29, 0.717) is 5.84 Å². The van der Waals surface area contributed by atoms with Crippen molar-refractivity contribution in [3.05, 3.63) is 35.1 Å². The molecule has 1 heterocycles. The number of amidine groups is 1. The summed E-state index contributed by atoms with van der Waals surface area (Å²) < 4.78 is -0.207. The van der Waals surface area contributed by atoms with Crippen LogP contribution in [0.2, 0.25) is 0 Å². The second-order valence-corrected chi connectivity index (χ2v) is 6.79. The number of allylic oxidation sites excluding steroid dienone is 5. The third-order valence-electron chi connectivity index (χ3n) is 3.38. The van der Waals surface area contributed by atoms with E-state index in [4.69, 9.17) is 5.41 Å². The average molecular weight is 344 g/mol. The Morgan fingerprint density at radius 3 is 2.53 bits per heavy atom. The Bertz CT molecular complexity index is 414. The molecular weight excluding hydrogens is 323 g/mol. The highest BCUT2D eigenvalue weighted by atomic mass is 127. The van der Waals surface area contributed by atoms with E-state index >= 15 is 0 Å². The van der Waals surface area contributed by atoms with Gasteiger partial charge in [-0.25, -0.2) is 0 Å². The van der Waals surface area contributed by atoms with Gasteiger partial charge in [-0.3, -0.25) is 5.41 Å². The van der Waals surface area contributed by atoms with Gasteiger partial charge in [-0.15, -0.1) is 0 Å². The summed E-state index contributed by atoms with van der Waals surface area (Å²) >= 11 is 2.35. The molecule has 0 bridgehead atoms. The van der Waals surface area contributed by atoms with Crippen molar-refractivity contribution < 1.29 is 0 Å². The quantitative estimate of drug-likeness (QED) is 0.462. The van der Waals surface area contributed by atoms with Crippen LogP contribution < -0.4 is 0 Å². The molecule has 1 rings (SSSR count). The maximum atomic E-state index is 8.10. The second-order valence-electron chi connectivity index (χ2n) is 4.64. The van der Waals surface area contributed by atoms with Crippen molar-refractivity contribution >= 4 is 28.4 Å². The summed E-state index contributed by atoms with van der Waals surface area (Å²) in [6, 6.07) is 0. The monoisotopic (exact) mass is 344 g/mol. The van der Waals surface area contributed by atoms with E-state index in [-0.39, 0.29) is 3.42 Å². The number of halogens is 1. The van der Waals surface area contributed by atoms with Crippen LogP contribution in [0.3, 0.4) is 0 Å². The summed E-state index contributed by atoms with van der Waals surface area (Å²) in [7, 11) is 1.96. The summed E-state index contributed by atoms with van der Waals surface area (Å²) in [4.78, 5) is 1.96. The van der Waals surface area contributed by atoms with Crippen LogP contribution in [0, 0.1) is 5.41 Å². The molecule has 0 aromatic heterocycles. The van der Waals surface area contributed by atoms with Gasteiger partial charge in [0.2, 0.25) is 0 Å². The van der Waals surface area contributed by atoms with Gasteiger partial charge in [-0.2, -0.15) is 0 Å². The molecule has 0 aliphatic carbocycles. The van der Waals surface area contributed by atoms with Crippen LogP contribution in [0.1, 0.15) is 34.1 Å². The van der Waals surface area contributed by atoms with E-state index in [1.165, 1.54) is 16.8 Å². The molecule has 0 saturated carbocycles. The first-order chi connectivity index (χ1) is 7.82. The van der Waals surface area contributed by atoms with Gasteiger partial charge in [-0.05, 0) is 32.8 Å². The Labute approximate surface area is 118 Å². The van der Waals surface area contributed by atoms with E-state index in [2.05, 4.69) is 68.5 Å². The van der Waals surface area contributed by atoms with Crippen LogP contribution in [-0.2, 0) is 0 Å². The van der Waals surface area contributed by atoms with Crippen molar-refractivity contribution in [2.45, 2.75) is 37.5 Å². The maximum absolute atomic E-state index is 8.10. The third-order valence-corrected chi connectivity index (χ3v) is 4.47. The van der Waals surface area contributed by atoms with Crippen molar-refractivity contribution in [1.29, 1.82) is 5.41 Å². The highest BCUT2D eigenvalue weighted by Gasteiger charge is 2.40. The van der Waals surface area contributed by atoms with Gasteiger partial charge in [0, 0.05) is 12.7 Å². The van der Waals surface area contributed by atoms with Gasteiger partial charge in [0.1, 0.15) is 9.26 Å². The lowest BCUT2D eigenvalue weighted by Gasteiger charge is -2.20. The normalized spacial score (nSPS) is 26.6. The molecule has 0 radical (unpaired) electrons. The van der Waals surface area contributed by atoms with Crippen LogP contribution >= 0.6 is 22.6 Å². The fourth-order valence-electron chi connectivity index (χ4n) is 1.83. The zero-order chi connectivity index (χ0) is 13.2. The molecule has 1 aliphatic rings. The van der Waals surface area contributed by atoms with Gasteiger partial charge in [-0.1, -0.05) is 53.3 Å². The summed E-state index contributed by atoms with van der Waals surface area (Å²) in [6.45, 7) is 8.47. The first-order valence-electron chi connectivity index (χ1n) is 5.89. The highest BCUT2D eigenvalue weighted by molar-refractivity contribution is 14.1. The number of alkyl halides is 1. The molecule has 1 N–H and O–H groups in total. The van der Waals surface area contributed by atoms with Gasteiger partial charge in [0.05, 0.1) is 0 Å². The molecule has 0 saturated heterocycles. The molecule has 3 heteroatoms. The van der Waals surface area contributed by atoms with Gasteiger partial charge >= 0.3 is 0 Å². The van der Waals surface area contributed by atoms with Crippen LogP contribution in [0.15, 0.2) is 35.1 Å². The maximum Gasteiger partial charge on any atom is 0.121 e. The SMILES string of the molecule is CC/C(C)=C/C=C\C1=C(C)N(C)C(=N)C1(C)I. The van der Waals surface area contributed by atoms with E-state index in [1.54, 1.807) is 0 Å². The lowest BCUT2D eigenvalue weighted by molar-refractivity contribution is 0.631. The molecule has 0 aromatic rings. The largest absolute Gasteiger partial charge is 0.336 e. The van der Waals surface area contributed by atoms with Crippen LogP contribution in [0.4, 0.5) is 0 Å². The Morgan fingerprint density at radius 1 is 1.53 bits per heavy atom. The predicted octanol–water partition coefficient (Wildman–Crippen LogP) is 4.29. The molecule has 1 unspecified atom stereocenters. The fourth-order valence-corrected chi connectivity index (χ4v) is 2.77. The Kier molecular flexibility index (Phi) is 4.58. The minimum absolute atomic E-state index is 0.207. The molecule has 0 spiro atoms. The number of nitrogens with zero attached hydrogens (tertiary/aromatic N) is 1. The van der Waals surface area contributed by atoms with Gasteiger partial charge < -0.3 is 4.90 Å². The summed E-state index contributed by atoms with van der Waals surface area (Å²) in [5, 5.41) is 8.10. The van der Waals surface area contributed by atoms with Crippen molar-refractivity contribution in [3.8, 4) is 0 Å². The Morgan fingerprint density at radius 2 is 2.12 bits per heavy atom. The molecule has 17 heavy (non-hydrogen) atoms. The standard InChI is InChI=1S/C14H21IN2/c1-6-10(2)8-7-9-12-11(3)17(5)13(16)14(12,4)15/h7-9,16H,6H2,1-5H3/b9-7-,10-8+,16-13?. The van der Waals surface area contributed by atoms with E-state index in [1.807, 2.05) is 11.9 Å². The fraction of sp³-hybridized carbons (Fsp3) is 0.500. The molecule has 0 aromatic carbocycles. The Hall–Kier alpha value is -0.580. The number of rotatable bonds is 3. The molecule has 2 nitrogen and oxygen atoms in total. The summed E-state index contributed by atoms with van der Waals surface area (Å²) in [5.41, 5.74) is 3.77. The highest BCUT2D eigenvalue weighted by Crippen LogP contribution is 2.39. The minimum atomic E-state index is -0.207. The summed E-state index contributed by atoms with van der Waals surface area (Å²) in [5.74, 6) is 0.659. The summed E-state index contributed by atoms with van der Waals surface area (Å²) in [6.07, 6.45) is 7.47. The molecule has 0 fully saturated rings. The molecule has 1 atom stereocenters. The van der Waals surface area contributed by atoms with Crippen molar-refractivity contribution in [2.24, 2.45) is 0 Å². The molecule has 94 valence electrons. The molecular formula is C14H21IN2. The first-order valence-corrected chi connectivity index (χ1v) is 6.97. The number of nitrogens with one attached hydrogen (secondary N) is 1. The minimum Gasteiger partial charge on any atom is -0.336 e. The third kappa shape index (κ3) is 2.81. The number of hydrogen-bond acceptors (Lipinski definition) is 1. The predicted molar refractivity (Wildman–Crippen MR) is 83.8 cm³/mol. The van der Waals surface area contributed by atoms with E-state index < -0.39 is 0 Å². The van der Waals surface area contributed by atoms with E-state index in [9.17, 15) is 0 Å². The van der Waals surface area contributed by atoms with Crippen molar-refractivity contribution in [1.82, 2.24) is 4.90 Å². The Balaban J connectivity index is 3.01. The topological polar surface area (TPSA) is 27.1 Å². The van der Waals surface area contributed by atoms with Gasteiger partial charge in [0.15, 0.2) is 0 Å².